The van der Waals surface area contributed by atoms with E-state index in [-0.39, 0.29) is 28.8 Å². The van der Waals surface area contributed by atoms with Crippen molar-refractivity contribution in [2.24, 2.45) is 0 Å². The molecule has 0 radical (unpaired) electrons. The summed E-state index contributed by atoms with van der Waals surface area (Å²) in [5, 5.41) is 5.85. The third-order valence-corrected chi connectivity index (χ3v) is 5.48. The lowest BCUT2D eigenvalue weighted by Crippen LogP contribution is -2.48. The molecule has 2 amide bonds. The molecule has 0 fully saturated rings. The van der Waals surface area contributed by atoms with E-state index in [9.17, 15) is 14.4 Å². The molecular formula is C20H39N3O3S. The normalized spacial score (nSPS) is 12.5. The molecular weight excluding hydrogens is 362 g/mol. The Bertz CT molecular complexity index is 464. The smallest absolute Gasteiger partial charge is 0.243 e. The van der Waals surface area contributed by atoms with E-state index in [4.69, 9.17) is 0 Å². The summed E-state index contributed by atoms with van der Waals surface area (Å²) in [5.74, 6) is 0.674. The molecule has 0 spiro atoms. The topological polar surface area (TPSA) is 78.5 Å². The SMILES string of the molecule is CNCCCNC(=O)C(CC(C)=O)N(C)C(=O)CCCCCSC(C)(C)C. The first-order valence-corrected chi connectivity index (χ1v) is 10.9. The summed E-state index contributed by atoms with van der Waals surface area (Å²) in [7, 11) is 3.48. The van der Waals surface area contributed by atoms with Crippen LogP contribution in [0.15, 0.2) is 0 Å². The minimum absolute atomic E-state index is 0.0579. The number of rotatable bonds is 14. The van der Waals surface area contributed by atoms with Gasteiger partial charge in [-0.2, -0.15) is 11.8 Å². The maximum Gasteiger partial charge on any atom is 0.243 e. The van der Waals surface area contributed by atoms with Gasteiger partial charge in [0.05, 0.1) is 0 Å². The summed E-state index contributed by atoms with van der Waals surface area (Å²) < 4.78 is 0.274. The number of Topliss-reactive ketones (excluding diaryl/α,β-unsaturated/α-hetero) is 1. The summed E-state index contributed by atoms with van der Waals surface area (Å²) >= 11 is 1.94. The van der Waals surface area contributed by atoms with Gasteiger partial charge < -0.3 is 15.5 Å². The number of carbonyl (C=O) groups excluding carboxylic acids is 3. The van der Waals surface area contributed by atoms with E-state index in [0.29, 0.717) is 13.0 Å². The van der Waals surface area contributed by atoms with Crippen molar-refractivity contribution in [3.05, 3.63) is 0 Å². The molecule has 0 saturated heterocycles. The van der Waals surface area contributed by atoms with Gasteiger partial charge in [-0.1, -0.05) is 27.2 Å². The lowest BCUT2D eigenvalue weighted by molar-refractivity contribution is -0.140. The predicted octanol–water partition coefficient (Wildman–Crippen LogP) is 2.61. The number of ketones is 1. The van der Waals surface area contributed by atoms with Gasteiger partial charge in [-0.25, -0.2) is 0 Å². The Morgan fingerprint density at radius 2 is 1.70 bits per heavy atom. The molecule has 0 aromatic carbocycles. The molecule has 0 aliphatic heterocycles. The zero-order valence-corrected chi connectivity index (χ0v) is 18.8. The molecule has 27 heavy (non-hydrogen) atoms. The number of carbonyl (C=O) groups is 3. The van der Waals surface area contributed by atoms with Crippen molar-refractivity contribution in [1.82, 2.24) is 15.5 Å². The minimum Gasteiger partial charge on any atom is -0.354 e. The standard InChI is InChI=1S/C20H39N3O3S/c1-16(24)15-17(19(26)22-13-10-12-21-5)23(6)18(25)11-8-7-9-14-27-20(2,3)4/h17,21H,7-15H2,1-6H3,(H,22,26). The van der Waals surface area contributed by atoms with Crippen LogP contribution in [0.2, 0.25) is 0 Å². The fourth-order valence-corrected chi connectivity index (χ4v) is 3.52. The van der Waals surface area contributed by atoms with Gasteiger partial charge in [-0.05, 0) is 45.5 Å². The molecule has 6 nitrogen and oxygen atoms in total. The molecule has 0 aromatic rings. The van der Waals surface area contributed by atoms with Crippen LogP contribution in [-0.2, 0) is 14.4 Å². The third-order valence-electron chi connectivity index (χ3n) is 4.12. The molecule has 0 aliphatic carbocycles. The minimum atomic E-state index is -0.721. The van der Waals surface area contributed by atoms with E-state index in [1.807, 2.05) is 18.8 Å². The number of amides is 2. The van der Waals surface area contributed by atoms with Gasteiger partial charge in [-0.15, -0.1) is 0 Å². The van der Waals surface area contributed by atoms with Crippen LogP contribution in [-0.4, -0.2) is 66.2 Å². The van der Waals surface area contributed by atoms with Gasteiger partial charge in [0.1, 0.15) is 11.8 Å². The van der Waals surface area contributed by atoms with Crippen LogP contribution < -0.4 is 10.6 Å². The van der Waals surface area contributed by atoms with E-state index in [1.54, 1.807) is 7.05 Å². The fourth-order valence-electron chi connectivity index (χ4n) is 2.56. The van der Waals surface area contributed by atoms with Gasteiger partial charge in [0.2, 0.25) is 11.8 Å². The van der Waals surface area contributed by atoms with E-state index in [1.165, 1.54) is 11.8 Å². The highest BCUT2D eigenvalue weighted by Gasteiger charge is 2.27. The number of likely N-dealkylation sites (N-methyl/N-ethyl adjacent to an activating group) is 1. The largest absolute Gasteiger partial charge is 0.354 e. The summed E-state index contributed by atoms with van der Waals surface area (Å²) in [4.78, 5) is 37.9. The van der Waals surface area contributed by atoms with Gasteiger partial charge in [0, 0.05) is 31.2 Å². The predicted molar refractivity (Wildman–Crippen MR) is 114 cm³/mol. The quantitative estimate of drug-likeness (QED) is 0.438. The van der Waals surface area contributed by atoms with Crippen molar-refractivity contribution in [2.75, 3.05) is 32.9 Å². The van der Waals surface area contributed by atoms with Crippen molar-refractivity contribution in [1.29, 1.82) is 0 Å². The number of unbranched alkanes of at least 4 members (excludes halogenated alkanes) is 2. The fraction of sp³-hybridized carbons (Fsp3) is 0.850. The lowest BCUT2D eigenvalue weighted by Gasteiger charge is -2.27. The van der Waals surface area contributed by atoms with E-state index < -0.39 is 6.04 Å². The molecule has 158 valence electrons. The average molecular weight is 402 g/mol. The Morgan fingerprint density at radius 1 is 1.04 bits per heavy atom. The van der Waals surface area contributed by atoms with E-state index in [0.717, 1.165) is 38.0 Å². The Labute approximate surface area is 169 Å². The van der Waals surface area contributed by atoms with Crippen molar-refractivity contribution < 1.29 is 14.4 Å². The second-order valence-electron chi connectivity index (χ2n) is 7.95. The van der Waals surface area contributed by atoms with Crippen molar-refractivity contribution in [2.45, 2.75) is 77.0 Å². The average Bonchev–Trinajstić information content (AvgIpc) is 2.57. The molecule has 0 heterocycles. The van der Waals surface area contributed by atoms with Crippen LogP contribution in [0.1, 0.15) is 66.2 Å². The van der Waals surface area contributed by atoms with Crippen LogP contribution >= 0.6 is 11.8 Å². The number of hydrogen-bond donors (Lipinski definition) is 2. The Hall–Kier alpha value is -1.08. The molecule has 0 aromatic heterocycles. The van der Waals surface area contributed by atoms with Crippen molar-refractivity contribution >= 4 is 29.4 Å². The lowest BCUT2D eigenvalue weighted by atomic mass is 10.1. The molecule has 1 unspecified atom stereocenters. The highest BCUT2D eigenvalue weighted by molar-refractivity contribution is 8.00. The summed E-state index contributed by atoms with van der Waals surface area (Å²) in [5.41, 5.74) is 0. The van der Waals surface area contributed by atoms with Crippen LogP contribution in [0.25, 0.3) is 0 Å². The number of thioether (sulfide) groups is 1. The highest BCUT2D eigenvalue weighted by Crippen LogP contribution is 2.24. The maximum atomic E-state index is 12.5. The molecule has 0 saturated carbocycles. The van der Waals surface area contributed by atoms with Crippen LogP contribution in [0, 0.1) is 0 Å². The van der Waals surface area contributed by atoms with Crippen LogP contribution in [0.3, 0.4) is 0 Å². The van der Waals surface area contributed by atoms with Crippen molar-refractivity contribution in [3.8, 4) is 0 Å². The molecule has 1 atom stereocenters. The van der Waals surface area contributed by atoms with E-state index >= 15 is 0 Å². The zero-order valence-electron chi connectivity index (χ0n) is 18.0. The summed E-state index contributed by atoms with van der Waals surface area (Å²) in [6, 6.07) is -0.721. The molecule has 7 heteroatoms. The first-order chi connectivity index (χ1) is 12.6. The van der Waals surface area contributed by atoms with Gasteiger partial charge in [0.25, 0.3) is 0 Å². The first kappa shape index (κ1) is 25.9. The summed E-state index contributed by atoms with van der Waals surface area (Å²) in [6.07, 6.45) is 4.17. The highest BCUT2D eigenvalue weighted by atomic mass is 32.2. The Morgan fingerprint density at radius 3 is 2.26 bits per heavy atom. The van der Waals surface area contributed by atoms with E-state index in [2.05, 4.69) is 31.4 Å². The summed E-state index contributed by atoms with van der Waals surface area (Å²) in [6.45, 7) is 9.40. The van der Waals surface area contributed by atoms with Crippen LogP contribution in [0.5, 0.6) is 0 Å². The zero-order chi connectivity index (χ0) is 20.9. The Balaban J connectivity index is 4.38. The molecule has 0 rings (SSSR count). The Kier molecular flexibility index (Phi) is 13.4. The number of nitrogens with zero attached hydrogens (tertiary/aromatic N) is 1. The second-order valence-corrected chi connectivity index (χ2v) is 9.87. The molecule has 2 N–H and O–H groups in total. The maximum absolute atomic E-state index is 12.5. The molecule has 0 aliphatic rings. The number of nitrogens with one attached hydrogen (secondary N) is 2. The van der Waals surface area contributed by atoms with Gasteiger partial charge in [-0.3, -0.25) is 14.4 Å². The monoisotopic (exact) mass is 401 g/mol. The van der Waals surface area contributed by atoms with Crippen molar-refractivity contribution in [3.63, 3.8) is 0 Å². The third kappa shape index (κ3) is 13.7. The number of hydrogen-bond acceptors (Lipinski definition) is 5. The van der Waals surface area contributed by atoms with Crippen LogP contribution in [0.4, 0.5) is 0 Å². The second kappa shape index (κ2) is 14.0. The van der Waals surface area contributed by atoms with Gasteiger partial charge in [0.15, 0.2) is 0 Å². The molecule has 0 bridgehead atoms. The first-order valence-electron chi connectivity index (χ1n) is 9.90. The van der Waals surface area contributed by atoms with Gasteiger partial charge >= 0.3 is 0 Å².